The predicted octanol–water partition coefficient (Wildman–Crippen LogP) is 5.46. The third kappa shape index (κ3) is 2.92. The number of hydrogen-bond acceptors (Lipinski definition) is 5. The average molecular weight is 393 g/mol. The van der Waals surface area contributed by atoms with Crippen LogP contribution in [0.2, 0.25) is 0 Å². The molecular weight excluding hydrogens is 373 g/mol. The van der Waals surface area contributed by atoms with Crippen LogP contribution in [0, 0.1) is 5.82 Å². The van der Waals surface area contributed by atoms with Crippen molar-refractivity contribution in [2.24, 2.45) is 4.99 Å². The van der Waals surface area contributed by atoms with Gasteiger partial charge < -0.3 is 9.32 Å². The topological polar surface area (TPSA) is 41.6 Å². The Hall–Kier alpha value is -2.60. The Kier molecular flexibility index (Phi) is 4.43. The van der Waals surface area contributed by atoms with Crippen molar-refractivity contribution in [1.29, 1.82) is 0 Å². The fourth-order valence-corrected chi connectivity index (χ4v) is 5.28. The summed E-state index contributed by atoms with van der Waals surface area (Å²) in [6.07, 6.45) is 2.87. The van der Waals surface area contributed by atoms with Crippen LogP contribution >= 0.6 is 11.8 Å². The van der Waals surface area contributed by atoms with E-state index in [1.54, 1.807) is 12.1 Å². The lowest BCUT2D eigenvalue weighted by Gasteiger charge is -2.30. The number of fused-ring (bicyclic) bond motifs is 1. The van der Waals surface area contributed by atoms with Crippen molar-refractivity contribution >= 4 is 16.9 Å². The van der Waals surface area contributed by atoms with Gasteiger partial charge in [-0.1, -0.05) is 24.8 Å². The summed E-state index contributed by atoms with van der Waals surface area (Å²) in [7, 11) is 0. The molecule has 1 saturated heterocycles. The Morgan fingerprint density at radius 1 is 1.14 bits per heavy atom. The SMILES string of the molecule is CC[C@H]1CSC2=N[C@@H](c3ccccn3)[C@@H](c3ccc(-c4ccc(F)cc4)o3)N21. The summed E-state index contributed by atoms with van der Waals surface area (Å²) in [6, 6.07) is 16.6. The maximum absolute atomic E-state index is 13.3. The van der Waals surface area contributed by atoms with Gasteiger partial charge in [-0.05, 0) is 55.0 Å². The van der Waals surface area contributed by atoms with E-state index in [-0.39, 0.29) is 17.9 Å². The Morgan fingerprint density at radius 2 is 2.00 bits per heavy atom. The number of furan rings is 1. The Labute approximate surface area is 167 Å². The van der Waals surface area contributed by atoms with Gasteiger partial charge in [0.15, 0.2) is 5.17 Å². The summed E-state index contributed by atoms with van der Waals surface area (Å²) in [5.74, 6) is 2.41. The molecular formula is C22H20FN3OS. The van der Waals surface area contributed by atoms with Crippen molar-refractivity contribution in [2.75, 3.05) is 5.75 Å². The molecule has 2 aromatic heterocycles. The molecule has 5 rings (SSSR count). The first-order valence-corrected chi connectivity index (χ1v) is 10.5. The van der Waals surface area contributed by atoms with Gasteiger partial charge in [0, 0.05) is 23.6 Å². The molecule has 2 aliphatic heterocycles. The number of hydrogen-bond donors (Lipinski definition) is 0. The van der Waals surface area contributed by atoms with Crippen molar-refractivity contribution in [2.45, 2.75) is 31.5 Å². The largest absolute Gasteiger partial charge is 0.459 e. The van der Waals surface area contributed by atoms with Gasteiger partial charge in [0.2, 0.25) is 0 Å². The lowest BCUT2D eigenvalue weighted by atomic mass is 10.0. The van der Waals surface area contributed by atoms with E-state index in [1.165, 1.54) is 12.1 Å². The zero-order chi connectivity index (χ0) is 19.1. The molecule has 4 heterocycles. The van der Waals surface area contributed by atoms with E-state index >= 15 is 0 Å². The first kappa shape index (κ1) is 17.5. The fraction of sp³-hybridized carbons (Fsp3) is 0.273. The molecule has 4 nitrogen and oxygen atoms in total. The molecule has 1 aromatic carbocycles. The summed E-state index contributed by atoms with van der Waals surface area (Å²) < 4.78 is 19.5. The van der Waals surface area contributed by atoms with Crippen LogP contribution in [-0.4, -0.2) is 26.8 Å². The highest BCUT2D eigenvalue weighted by Gasteiger charge is 2.46. The number of amidine groups is 1. The van der Waals surface area contributed by atoms with Crippen LogP contribution in [0.15, 0.2) is 70.2 Å². The second-order valence-electron chi connectivity index (χ2n) is 7.05. The summed E-state index contributed by atoms with van der Waals surface area (Å²) in [6.45, 7) is 2.21. The summed E-state index contributed by atoms with van der Waals surface area (Å²) in [5.41, 5.74) is 1.81. The van der Waals surface area contributed by atoms with E-state index < -0.39 is 0 Å². The minimum absolute atomic E-state index is 0.0148. The van der Waals surface area contributed by atoms with Crippen molar-refractivity contribution in [3.63, 3.8) is 0 Å². The predicted molar refractivity (Wildman–Crippen MR) is 110 cm³/mol. The summed E-state index contributed by atoms with van der Waals surface area (Å²) in [5, 5.41) is 1.08. The third-order valence-electron chi connectivity index (χ3n) is 5.38. The average Bonchev–Trinajstić information content (AvgIpc) is 3.44. The molecule has 0 amide bonds. The molecule has 3 atom stereocenters. The smallest absolute Gasteiger partial charge is 0.161 e. The van der Waals surface area contributed by atoms with Gasteiger partial charge >= 0.3 is 0 Å². The molecule has 0 bridgehead atoms. The van der Waals surface area contributed by atoms with E-state index in [0.717, 1.165) is 40.1 Å². The number of thioether (sulfide) groups is 1. The van der Waals surface area contributed by atoms with Crippen molar-refractivity contribution < 1.29 is 8.81 Å². The third-order valence-corrected chi connectivity index (χ3v) is 6.50. The van der Waals surface area contributed by atoms with Crippen LogP contribution in [0.25, 0.3) is 11.3 Å². The summed E-state index contributed by atoms with van der Waals surface area (Å²) in [4.78, 5) is 12.0. The molecule has 1 fully saturated rings. The van der Waals surface area contributed by atoms with E-state index in [2.05, 4.69) is 16.8 Å². The number of aromatic nitrogens is 1. The zero-order valence-electron chi connectivity index (χ0n) is 15.5. The van der Waals surface area contributed by atoms with Gasteiger partial charge in [-0.2, -0.15) is 0 Å². The highest BCUT2D eigenvalue weighted by Crippen LogP contribution is 2.49. The molecule has 0 aliphatic carbocycles. The number of benzene rings is 1. The molecule has 142 valence electrons. The van der Waals surface area contributed by atoms with E-state index in [9.17, 15) is 4.39 Å². The van der Waals surface area contributed by atoms with Crippen LogP contribution in [0.3, 0.4) is 0 Å². The zero-order valence-corrected chi connectivity index (χ0v) is 16.3. The Bertz CT molecular complexity index is 1000. The second kappa shape index (κ2) is 7.09. The van der Waals surface area contributed by atoms with Gasteiger partial charge in [0.25, 0.3) is 0 Å². The first-order valence-electron chi connectivity index (χ1n) is 9.50. The molecule has 2 aliphatic rings. The van der Waals surface area contributed by atoms with Gasteiger partial charge in [0.05, 0.1) is 5.69 Å². The monoisotopic (exact) mass is 393 g/mol. The molecule has 0 radical (unpaired) electrons. The molecule has 6 heteroatoms. The molecule has 3 aromatic rings. The molecule has 0 unspecified atom stereocenters. The van der Waals surface area contributed by atoms with Crippen LogP contribution in [0.5, 0.6) is 0 Å². The lowest BCUT2D eigenvalue weighted by Crippen LogP contribution is -2.35. The van der Waals surface area contributed by atoms with Gasteiger partial charge in [-0.3, -0.25) is 4.98 Å². The maximum atomic E-state index is 13.3. The Balaban J connectivity index is 1.55. The quantitative estimate of drug-likeness (QED) is 0.590. The van der Waals surface area contributed by atoms with Crippen molar-refractivity contribution in [1.82, 2.24) is 9.88 Å². The van der Waals surface area contributed by atoms with Crippen molar-refractivity contribution in [3.05, 3.63) is 78.1 Å². The number of nitrogens with zero attached hydrogens (tertiary/aromatic N) is 3. The Morgan fingerprint density at radius 3 is 2.75 bits per heavy atom. The minimum atomic E-state index is -0.251. The number of pyridine rings is 1. The maximum Gasteiger partial charge on any atom is 0.161 e. The van der Waals surface area contributed by atoms with E-state index in [4.69, 9.17) is 9.41 Å². The number of halogens is 1. The second-order valence-corrected chi connectivity index (χ2v) is 8.03. The highest BCUT2D eigenvalue weighted by molar-refractivity contribution is 8.14. The molecule has 0 saturated carbocycles. The lowest BCUT2D eigenvalue weighted by molar-refractivity contribution is 0.226. The van der Waals surface area contributed by atoms with Crippen LogP contribution in [0.1, 0.15) is 36.9 Å². The molecule has 28 heavy (non-hydrogen) atoms. The van der Waals surface area contributed by atoms with Gasteiger partial charge in [-0.25, -0.2) is 9.38 Å². The van der Waals surface area contributed by atoms with Crippen LogP contribution < -0.4 is 0 Å². The van der Waals surface area contributed by atoms with Crippen LogP contribution in [0.4, 0.5) is 4.39 Å². The van der Waals surface area contributed by atoms with E-state index in [1.807, 2.05) is 48.3 Å². The molecule has 0 N–H and O–H groups in total. The number of rotatable bonds is 4. The van der Waals surface area contributed by atoms with E-state index in [0.29, 0.717) is 6.04 Å². The highest BCUT2D eigenvalue weighted by atomic mass is 32.2. The summed E-state index contributed by atoms with van der Waals surface area (Å²) >= 11 is 1.81. The number of aliphatic imine (C=N–C) groups is 1. The van der Waals surface area contributed by atoms with Crippen LogP contribution in [-0.2, 0) is 0 Å². The first-order chi connectivity index (χ1) is 13.7. The van der Waals surface area contributed by atoms with Gasteiger partial charge in [0.1, 0.15) is 29.4 Å². The van der Waals surface area contributed by atoms with Crippen molar-refractivity contribution in [3.8, 4) is 11.3 Å². The molecule has 0 spiro atoms. The fourth-order valence-electron chi connectivity index (χ4n) is 3.94. The standard InChI is InChI=1S/C22H20FN3OS/c1-2-16-13-28-22-25-20(17-5-3-4-12-24-17)21(26(16)22)19-11-10-18(27-19)14-6-8-15(23)9-7-14/h3-12,16,20-21H,2,13H2,1H3/t16-,20-,21+/m0/s1. The van der Waals surface area contributed by atoms with Gasteiger partial charge in [-0.15, -0.1) is 0 Å². The minimum Gasteiger partial charge on any atom is -0.459 e. The normalized spacial score (nSPS) is 23.7.